The Balaban J connectivity index is 1.69. The molecule has 2 heterocycles. The van der Waals surface area contributed by atoms with E-state index >= 15 is 0 Å². The van der Waals surface area contributed by atoms with Gasteiger partial charge in [0.2, 0.25) is 5.88 Å². The number of aromatic hydroxyl groups is 1. The number of anilines is 1. The molecule has 2 aliphatic carbocycles. The molecule has 39 heavy (non-hydrogen) atoms. The highest BCUT2D eigenvalue weighted by Crippen LogP contribution is 2.34. The number of rotatable bonds is 5. The van der Waals surface area contributed by atoms with Gasteiger partial charge in [0, 0.05) is 12.1 Å². The van der Waals surface area contributed by atoms with E-state index in [1.165, 1.54) is 20.2 Å². The fraction of sp³-hybridized carbons (Fsp3) is 0.548. The van der Waals surface area contributed by atoms with E-state index in [1.54, 1.807) is 0 Å². The minimum atomic E-state index is -0.523. The van der Waals surface area contributed by atoms with Gasteiger partial charge in [-0.1, -0.05) is 70.1 Å². The summed E-state index contributed by atoms with van der Waals surface area (Å²) < 4.78 is 2.81. The summed E-state index contributed by atoms with van der Waals surface area (Å²) in [5, 5.41) is 17.6. The van der Waals surface area contributed by atoms with E-state index in [2.05, 4.69) is 5.10 Å². The maximum atomic E-state index is 13.9. The zero-order valence-electron chi connectivity index (χ0n) is 23.6. The van der Waals surface area contributed by atoms with Crippen LogP contribution in [0.3, 0.4) is 0 Å². The third-order valence-electron chi connectivity index (χ3n) is 8.53. The summed E-state index contributed by atoms with van der Waals surface area (Å²) in [6, 6.07) is 5.46. The van der Waals surface area contributed by atoms with Crippen LogP contribution in [0.15, 0.2) is 38.5 Å². The summed E-state index contributed by atoms with van der Waals surface area (Å²) >= 11 is 0. The fourth-order valence-electron chi connectivity index (χ4n) is 6.45. The van der Waals surface area contributed by atoms with Gasteiger partial charge < -0.3 is 5.11 Å². The number of carbonyl (C=O) groups excluding carboxylic acids is 1. The number of aromatic nitrogens is 2. The minimum Gasteiger partial charge on any atom is -0.494 e. The smallest absolute Gasteiger partial charge is 0.334 e. The van der Waals surface area contributed by atoms with Crippen LogP contribution in [0.2, 0.25) is 0 Å². The summed E-state index contributed by atoms with van der Waals surface area (Å²) in [4.78, 5) is 41.5. The maximum Gasteiger partial charge on any atom is 0.334 e. The molecule has 5 rings (SSSR count). The number of amides is 1. The highest BCUT2D eigenvalue weighted by Gasteiger charge is 2.35. The van der Waals surface area contributed by atoms with E-state index in [-0.39, 0.29) is 40.9 Å². The lowest BCUT2D eigenvalue weighted by Gasteiger charge is -2.29. The lowest BCUT2D eigenvalue weighted by Crippen LogP contribution is -2.45. The van der Waals surface area contributed by atoms with E-state index in [4.69, 9.17) is 0 Å². The van der Waals surface area contributed by atoms with Gasteiger partial charge in [-0.3, -0.25) is 18.7 Å². The molecule has 1 aromatic carbocycles. The molecule has 0 spiro atoms. The second kappa shape index (κ2) is 11.0. The lowest BCUT2D eigenvalue weighted by atomic mass is 9.94. The molecular formula is C31H40N4O4. The van der Waals surface area contributed by atoms with E-state index in [1.807, 2.05) is 45.9 Å². The average Bonchev–Trinajstić information content (AvgIpc) is 3.23. The van der Waals surface area contributed by atoms with Crippen molar-refractivity contribution in [3.63, 3.8) is 0 Å². The van der Waals surface area contributed by atoms with Crippen LogP contribution < -0.4 is 16.3 Å². The van der Waals surface area contributed by atoms with Crippen molar-refractivity contribution in [3.8, 4) is 5.88 Å². The van der Waals surface area contributed by atoms with Crippen LogP contribution in [-0.2, 0) is 4.79 Å². The number of benzene rings is 1. The zero-order valence-corrected chi connectivity index (χ0v) is 23.6. The molecule has 2 fully saturated rings. The van der Waals surface area contributed by atoms with E-state index in [0.29, 0.717) is 11.4 Å². The quantitative estimate of drug-likeness (QED) is 0.493. The Morgan fingerprint density at radius 3 is 2.05 bits per heavy atom. The Morgan fingerprint density at radius 1 is 0.897 bits per heavy atom. The van der Waals surface area contributed by atoms with Gasteiger partial charge in [0.05, 0.1) is 17.0 Å². The molecule has 2 saturated carbocycles. The molecule has 3 aliphatic rings. The van der Waals surface area contributed by atoms with Crippen LogP contribution in [0.4, 0.5) is 5.69 Å². The van der Waals surface area contributed by atoms with Crippen molar-refractivity contribution in [2.75, 3.05) is 5.01 Å². The summed E-state index contributed by atoms with van der Waals surface area (Å²) in [6.45, 7) is 7.85. The van der Waals surface area contributed by atoms with Crippen molar-refractivity contribution in [2.45, 2.75) is 104 Å². The van der Waals surface area contributed by atoms with Crippen molar-refractivity contribution >= 4 is 23.4 Å². The van der Waals surface area contributed by atoms with Gasteiger partial charge in [-0.15, -0.1) is 0 Å². The predicted molar refractivity (Wildman–Crippen MR) is 155 cm³/mol. The third-order valence-corrected chi connectivity index (χ3v) is 8.53. The third kappa shape index (κ3) is 5.01. The Labute approximate surface area is 229 Å². The molecule has 8 nitrogen and oxygen atoms in total. The highest BCUT2D eigenvalue weighted by atomic mass is 16.3. The van der Waals surface area contributed by atoms with Crippen LogP contribution in [0.25, 0.3) is 6.08 Å². The van der Waals surface area contributed by atoms with E-state index in [9.17, 15) is 19.5 Å². The molecule has 0 saturated heterocycles. The summed E-state index contributed by atoms with van der Waals surface area (Å²) in [7, 11) is 0. The second-order valence-electron chi connectivity index (χ2n) is 11.8. The largest absolute Gasteiger partial charge is 0.494 e. The molecule has 1 N–H and O–H groups in total. The molecule has 2 aromatic rings. The lowest BCUT2D eigenvalue weighted by molar-refractivity contribution is -0.114. The van der Waals surface area contributed by atoms with Crippen LogP contribution in [0, 0.1) is 19.8 Å². The number of hydrogen-bond donors (Lipinski definition) is 1. The summed E-state index contributed by atoms with van der Waals surface area (Å²) in [6.07, 6.45) is 10.6. The van der Waals surface area contributed by atoms with Gasteiger partial charge in [-0.25, -0.2) is 4.79 Å². The van der Waals surface area contributed by atoms with Crippen LogP contribution in [-0.4, -0.2) is 25.9 Å². The first kappa shape index (κ1) is 27.2. The molecule has 1 amide bonds. The summed E-state index contributed by atoms with van der Waals surface area (Å²) in [5.74, 6) is -0.774. The molecule has 0 unspecified atom stereocenters. The highest BCUT2D eigenvalue weighted by molar-refractivity contribution is 6.33. The van der Waals surface area contributed by atoms with Gasteiger partial charge in [-0.2, -0.15) is 10.1 Å². The normalized spacial score (nSPS) is 20.3. The van der Waals surface area contributed by atoms with Crippen LogP contribution in [0.5, 0.6) is 5.88 Å². The van der Waals surface area contributed by atoms with Gasteiger partial charge in [0.15, 0.2) is 0 Å². The fourth-order valence-corrected chi connectivity index (χ4v) is 6.45. The SMILES string of the molecule is Cc1ccc(N2N=C(C(C)C)/C(=C/c3c(O)n(C4CCCCC4)c(=O)n(C4CCCCC4)c3=O)C2=O)c(C)c1. The number of hydrazone groups is 1. The average molecular weight is 533 g/mol. The van der Waals surface area contributed by atoms with Gasteiger partial charge in [0.25, 0.3) is 11.5 Å². The Kier molecular flexibility index (Phi) is 7.65. The molecular weight excluding hydrogens is 492 g/mol. The molecule has 208 valence electrons. The zero-order chi connectivity index (χ0) is 27.8. The Morgan fingerprint density at radius 2 is 1.49 bits per heavy atom. The first-order chi connectivity index (χ1) is 18.7. The van der Waals surface area contributed by atoms with Crippen molar-refractivity contribution in [2.24, 2.45) is 11.0 Å². The molecule has 1 aromatic heterocycles. The predicted octanol–water partition coefficient (Wildman–Crippen LogP) is 5.79. The molecule has 8 heteroatoms. The van der Waals surface area contributed by atoms with Gasteiger partial charge >= 0.3 is 5.69 Å². The molecule has 0 bridgehead atoms. The topological polar surface area (TPSA) is 96.9 Å². The van der Waals surface area contributed by atoms with Crippen LogP contribution in [0.1, 0.15) is 107 Å². The molecule has 0 radical (unpaired) electrons. The Hall–Kier alpha value is -3.42. The van der Waals surface area contributed by atoms with Crippen molar-refractivity contribution in [1.29, 1.82) is 0 Å². The van der Waals surface area contributed by atoms with Crippen molar-refractivity contribution in [3.05, 3.63) is 61.3 Å². The van der Waals surface area contributed by atoms with Gasteiger partial charge in [-0.05, 0) is 63.2 Å². The standard InChI is InChI=1S/C31H40N4O4/c1-19(2)27-24(30(38)35(32-27)26-16-15-20(3)17-21(26)4)18-25-28(36)33(22-11-7-5-8-12-22)31(39)34(29(25)37)23-13-9-6-10-14-23/h15-19,22-23,36H,5-14H2,1-4H3/b24-18-. The first-order valence-electron chi connectivity index (χ1n) is 14.5. The van der Waals surface area contributed by atoms with Crippen molar-refractivity contribution in [1.82, 2.24) is 9.13 Å². The van der Waals surface area contributed by atoms with Crippen molar-refractivity contribution < 1.29 is 9.90 Å². The number of carbonyl (C=O) groups is 1. The molecule has 0 atom stereocenters. The van der Waals surface area contributed by atoms with Gasteiger partial charge in [0.1, 0.15) is 5.56 Å². The number of aryl methyl sites for hydroxylation is 2. The minimum absolute atomic E-state index is 0.00456. The first-order valence-corrected chi connectivity index (χ1v) is 14.5. The van der Waals surface area contributed by atoms with Crippen LogP contribution >= 0.6 is 0 Å². The van der Waals surface area contributed by atoms with E-state index in [0.717, 1.165) is 75.3 Å². The number of hydrogen-bond acceptors (Lipinski definition) is 5. The Bertz CT molecular complexity index is 1450. The monoisotopic (exact) mass is 532 g/mol. The summed E-state index contributed by atoms with van der Waals surface area (Å²) in [5.41, 5.74) is 2.58. The molecule has 1 aliphatic heterocycles. The second-order valence-corrected chi connectivity index (χ2v) is 11.8. The maximum absolute atomic E-state index is 13.9. The number of nitrogens with zero attached hydrogens (tertiary/aromatic N) is 4. The van der Waals surface area contributed by atoms with E-state index < -0.39 is 11.2 Å².